The molecule has 2 nitrogen and oxygen atoms in total. The first kappa shape index (κ1) is 13.3. The van der Waals surface area contributed by atoms with Gasteiger partial charge in [0.25, 0.3) is 5.91 Å². The maximum Gasteiger partial charge on any atom is 0.255 e. The van der Waals surface area contributed by atoms with Crippen molar-refractivity contribution in [3.05, 3.63) is 31.8 Å². The lowest BCUT2D eigenvalue weighted by Crippen LogP contribution is -2.42. The number of rotatable bonds is 1. The summed E-state index contributed by atoms with van der Waals surface area (Å²) in [7, 11) is 0. The van der Waals surface area contributed by atoms with E-state index in [1.807, 2.05) is 23.1 Å². The van der Waals surface area contributed by atoms with Gasteiger partial charge in [-0.25, -0.2) is 0 Å². The third kappa shape index (κ3) is 3.02. The molecule has 92 valence electrons. The molecule has 1 amide bonds. The van der Waals surface area contributed by atoms with Gasteiger partial charge in [-0.15, -0.1) is 0 Å². The molecule has 0 saturated carbocycles. The molecule has 1 saturated heterocycles. The molecular weight excluding hydrogens is 393 g/mol. The molecule has 0 spiro atoms. The molecule has 1 atom stereocenters. The monoisotopic (exact) mass is 407 g/mol. The summed E-state index contributed by atoms with van der Waals surface area (Å²) in [5.74, 6) is 0.169. The molecule has 1 heterocycles. The zero-order valence-corrected chi connectivity index (χ0v) is 13.5. The normalized spacial score (nSPS) is 20.4. The number of likely N-dealkylation sites (tertiary alicyclic amines) is 1. The molecular formula is C13H15BrINO. The second-order valence-corrected chi connectivity index (χ2v) is 6.55. The lowest BCUT2D eigenvalue weighted by molar-refractivity contribution is 0.0634. The molecule has 1 aliphatic heterocycles. The Kier molecular flexibility index (Phi) is 4.47. The minimum Gasteiger partial charge on any atom is -0.336 e. The first-order valence-corrected chi connectivity index (χ1v) is 7.73. The molecule has 0 bridgehead atoms. The van der Waals surface area contributed by atoms with E-state index in [1.165, 1.54) is 6.42 Å². The second kappa shape index (κ2) is 5.69. The Hall–Kier alpha value is -0.100. The Morgan fingerprint density at radius 1 is 1.47 bits per heavy atom. The Labute approximate surface area is 124 Å². The van der Waals surface area contributed by atoms with Gasteiger partial charge in [0.05, 0.1) is 5.56 Å². The van der Waals surface area contributed by atoms with Crippen molar-refractivity contribution in [2.24, 2.45) is 0 Å². The number of piperidine rings is 1. The van der Waals surface area contributed by atoms with Crippen molar-refractivity contribution in [2.45, 2.75) is 32.2 Å². The van der Waals surface area contributed by atoms with Crippen LogP contribution >= 0.6 is 38.5 Å². The molecule has 2 rings (SSSR count). The summed E-state index contributed by atoms with van der Waals surface area (Å²) in [5, 5.41) is 0. The molecule has 0 aliphatic carbocycles. The number of halogens is 2. The summed E-state index contributed by atoms with van der Waals surface area (Å²) in [6, 6.07) is 6.24. The first-order chi connectivity index (χ1) is 8.09. The highest BCUT2D eigenvalue weighted by atomic mass is 127. The van der Waals surface area contributed by atoms with Crippen molar-refractivity contribution in [3.63, 3.8) is 0 Å². The highest BCUT2D eigenvalue weighted by Gasteiger charge is 2.25. The Balaban J connectivity index is 2.26. The van der Waals surface area contributed by atoms with Crippen LogP contribution in [0.5, 0.6) is 0 Å². The van der Waals surface area contributed by atoms with Gasteiger partial charge in [0, 0.05) is 20.6 Å². The van der Waals surface area contributed by atoms with Crippen LogP contribution in [-0.4, -0.2) is 23.4 Å². The molecule has 0 aromatic heterocycles. The fraction of sp³-hybridized carbons (Fsp3) is 0.462. The summed E-state index contributed by atoms with van der Waals surface area (Å²) >= 11 is 5.66. The molecule has 1 aromatic rings. The fourth-order valence-electron chi connectivity index (χ4n) is 2.22. The molecule has 17 heavy (non-hydrogen) atoms. The van der Waals surface area contributed by atoms with Crippen LogP contribution in [0.25, 0.3) is 0 Å². The molecule has 4 heteroatoms. The van der Waals surface area contributed by atoms with Crippen LogP contribution in [0.4, 0.5) is 0 Å². The van der Waals surface area contributed by atoms with Crippen LogP contribution < -0.4 is 0 Å². The topological polar surface area (TPSA) is 20.3 Å². The van der Waals surface area contributed by atoms with Gasteiger partial charge in [-0.3, -0.25) is 4.79 Å². The van der Waals surface area contributed by atoms with E-state index in [1.54, 1.807) is 0 Å². The Morgan fingerprint density at radius 2 is 2.24 bits per heavy atom. The second-order valence-electron chi connectivity index (χ2n) is 4.47. The van der Waals surface area contributed by atoms with Crippen molar-refractivity contribution in [1.29, 1.82) is 0 Å². The Morgan fingerprint density at radius 3 is 2.94 bits per heavy atom. The maximum absolute atomic E-state index is 12.5. The van der Waals surface area contributed by atoms with Gasteiger partial charge < -0.3 is 4.90 Å². The van der Waals surface area contributed by atoms with Crippen LogP contribution in [0.1, 0.15) is 36.5 Å². The minimum absolute atomic E-state index is 0.169. The highest BCUT2D eigenvalue weighted by molar-refractivity contribution is 14.1. The van der Waals surface area contributed by atoms with Gasteiger partial charge in [0.1, 0.15) is 0 Å². The standard InChI is InChI=1S/C13H15BrINO/c1-9-4-2-3-7-16(9)13(17)11-8-10(14)5-6-12(11)15/h5-6,8-9H,2-4,7H2,1H3. The summed E-state index contributed by atoms with van der Waals surface area (Å²) in [5.41, 5.74) is 0.814. The first-order valence-electron chi connectivity index (χ1n) is 5.85. The lowest BCUT2D eigenvalue weighted by Gasteiger charge is -2.33. The zero-order valence-electron chi connectivity index (χ0n) is 9.75. The Bertz CT molecular complexity index is 435. The van der Waals surface area contributed by atoms with Gasteiger partial charge in [0.2, 0.25) is 0 Å². The van der Waals surface area contributed by atoms with Crippen LogP contribution in [0.3, 0.4) is 0 Å². The predicted octanol–water partition coefficient (Wildman–Crippen LogP) is 4.07. The molecule has 0 radical (unpaired) electrons. The van der Waals surface area contributed by atoms with E-state index in [0.717, 1.165) is 33.0 Å². The zero-order chi connectivity index (χ0) is 12.4. The number of amides is 1. The van der Waals surface area contributed by atoms with Crippen LogP contribution in [-0.2, 0) is 0 Å². The van der Waals surface area contributed by atoms with Crippen LogP contribution in [0, 0.1) is 3.57 Å². The summed E-state index contributed by atoms with van der Waals surface area (Å²) < 4.78 is 1.99. The van der Waals surface area contributed by atoms with E-state index in [4.69, 9.17) is 0 Å². The molecule has 1 aromatic carbocycles. The summed E-state index contributed by atoms with van der Waals surface area (Å²) in [4.78, 5) is 14.5. The lowest BCUT2D eigenvalue weighted by atomic mass is 10.0. The number of benzene rings is 1. The molecule has 1 aliphatic rings. The van der Waals surface area contributed by atoms with E-state index >= 15 is 0 Å². The smallest absolute Gasteiger partial charge is 0.255 e. The van der Waals surface area contributed by atoms with E-state index in [2.05, 4.69) is 45.4 Å². The summed E-state index contributed by atoms with van der Waals surface area (Å²) in [6.45, 7) is 3.03. The van der Waals surface area contributed by atoms with E-state index in [9.17, 15) is 4.79 Å². The number of hydrogen-bond acceptors (Lipinski definition) is 1. The van der Waals surface area contributed by atoms with E-state index in [-0.39, 0.29) is 5.91 Å². The van der Waals surface area contributed by atoms with Gasteiger partial charge in [-0.05, 0) is 67.0 Å². The van der Waals surface area contributed by atoms with Crippen molar-refractivity contribution in [2.75, 3.05) is 6.54 Å². The quantitative estimate of drug-likeness (QED) is 0.642. The highest BCUT2D eigenvalue weighted by Crippen LogP contribution is 2.24. The molecule has 0 N–H and O–H groups in total. The maximum atomic E-state index is 12.5. The van der Waals surface area contributed by atoms with Crippen molar-refractivity contribution in [1.82, 2.24) is 4.90 Å². The van der Waals surface area contributed by atoms with Crippen LogP contribution in [0.2, 0.25) is 0 Å². The minimum atomic E-state index is 0.169. The number of nitrogens with zero attached hydrogens (tertiary/aromatic N) is 1. The van der Waals surface area contributed by atoms with E-state index in [0.29, 0.717) is 6.04 Å². The number of carbonyl (C=O) groups is 1. The largest absolute Gasteiger partial charge is 0.336 e. The van der Waals surface area contributed by atoms with Crippen molar-refractivity contribution >= 4 is 44.4 Å². The average molecular weight is 408 g/mol. The third-order valence-corrected chi connectivity index (χ3v) is 4.66. The summed E-state index contributed by atoms with van der Waals surface area (Å²) in [6.07, 6.45) is 3.48. The predicted molar refractivity (Wildman–Crippen MR) is 81.2 cm³/mol. The molecule has 1 unspecified atom stereocenters. The van der Waals surface area contributed by atoms with Gasteiger partial charge >= 0.3 is 0 Å². The third-order valence-electron chi connectivity index (χ3n) is 3.22. The number of hydrogen-bond donors (Lipinski definition) is 0. The molecule has 1 fully saturated rings. The van der Waals surface area contributed by atoms with Gasteiger partial charge in [-0.1, -0.05) is 15.9 Å². The van der Waals surface area contributed by atoms with Gasteiger partial charge in [-0.2, -0.15) is 0 Å². The van der Waals surface area contributed by atoms with Crippen molar-refractivity contribution in [3.8, 4) is 0 Å². The van der Waals surface area contributed by atoms with E-state index < -0.39 is 0 Å². The van der Waals surface area contributed by atoms with Crippen LogP contribution in [0.15, 0.2) is 22.7 Å². The van der Waals surface area contributed by atoms with Gasteiger partial charge in [0.15, 0.2) is 0 Å². The van der Waals surface area contributed by atoms with Crippen molar-refractivity contribution < 1.29 is 4.79 Å². The average Bonchev–Trinajstić information content (AvgIpc) is 2.32. The number of carbonyl (C=O) groups excluding carboxylic acids is 1. The SMILES string of the molecule is CC1CCCCN1C(=O)c1cc(Br)ccc1I. The fourth-order valence-corrected chi connectivity index (χ4v) is 3.14.